The Balaban J connectivity index is 1.33. The molecule has 1 aliphatic rings. The highest BCUT2D eigenvalue weighted by molar-refractivity contribution is 5.90. The van der Waals surface area contributed by atoms with E-state index in [1.807, 2.05) is 55.5 Å². The lowest BCUT2D eigenvalue weighted by molar-refractivity contribution is -0.117. The SMILES string of the molecule is CCOc1ccccc1-c1cc(NC(=O)Cn2ncc3c2-c2ccccc2OC3)on1. The number of fused-ring (bicyclic) bond motifs is 3. The summed E-state index contributed by atoms with van der Waals surface area (Å²) in [6.07, 6.45) is 1.73. The van der Waals surface area contributed by atoms with Crippen LogP contribution in [0.5, 0.6) is 11.5 Å². The molecule has 0 spiro atoms. The van der Waals surface area contributed by atoms with Gasteiger partial charge in [0.1, 0.15) is 30.3 Å². The molecule has 0 saturated carbocycles. The molecule has 4 aromatic rings. The molecule has 1 aliphatic heterocycles. The normalized spacial score (nSPS) is 11.9. The molecule has 0 radical (unpaired) electrons. The van der Waals surface area contributed by atoms with Crippen molar-refractivity contribution in [3.05, 3.63) is 66.4 Å². The standard InChI is InChI=1S/C23H20N4O4/c1-2-29-19-9-5-3-7-16(19)18-11-22(31-26-18)25-21(28)13-27-23-15(12-24-27)14-30-20-10-6-4-8-17(20)23/h3-12H,2,13-14H2,1H3,(H,25,28). The molecule has 0 fully saturated rings. The van der Waals surface area contributed by atoms with Crippen molar-refractivity contribution in [2.75, 3.05) is 11.9 Å². The van der Waals surface area contributed by atoms with E-state index in [4.69, 9.17) is 14.0 Å². The summed E-state index contributed by atoms with van der Waals surface area (Å²) in [5.41, 5.74) is 4.14. The Hall–Kier alpha value is -4.07. The van der Waals surface area contributed by atoms with E-state index in [9.17, 15) is 4.79 Å². The molecule has 31 heavy (non-hydrogen) atoms. The van der Waals surface area contributed by atoms with Gasteiger partial charge in [0.2, 0.25) is 11.8 Å². The maximum absolute atomic E-state index is 12.7. The van der Waals surface area contributed by atoms with Gasteiger partial charge >= 0.3 is 0 Å². The summed E-state index contributed by atoms with van der Waals surface area (Å²) in [5.74, 6) is 1.48. The molecule has 8 heteroatoms. The zero-order valence-electron chi connectivity index (χ0n) is 16.9. The van der Waals surface area contributed by atoms with Gasteiger partial charge in [-0.25, -0.2) is 0 Å². The first-order valence-electron chi connectivity index (χ1n) is 9.98. The van der Waals surface area contributed by atoms with E-state index in [1.165, 1.54) is 0 Å². The number of hydrogen-bond acceptors (Lipinski definition) is 6. The smallest absolute Gasteiger partial charge is 0.248 e. The largest absolute Gasteiger partial charge is 0.493 e. The van der Waals surface area contributed by atoms with E-state index in [-0.39, 0.29) is 18.3 Å². The van der Waals surface area contributed by atoms with Crippen molar-refractivity contribution in [2.45, 2.75) is 20.1 Å². The Bertz CT molecular complexity index is 1240. The van der Waals surface area contributed by atoms with Gasteiger partial charge < -0.3 is 14.0 Å². The summed E-state index contributed by atoms with van der Waals surface area (Å²) in [4.78, 5) is 12.7. The van der Waals surface area contributed by atoms with Gasteiger partial charge in [0, 0.05) is 22.8 Å². The van der Waals surface area contributed by atoms with Crippen LogP contribution in [0.3, 0.4) is 0 Å². The van der Waals surface area contributed by atoms with Crippen LogP contribution >= 0.6 is 0 Å². The number of ether oxygens (including phenoxy) is 2. The highest BCUT2D eigenvalue weighted by Crippen LogP contribution is 2.37. The van der Waals surface area contributed by atoms with Gasteiger partial charge in [-0.1, -0.05) is 29.4 Å². The lowest BCUT2D eigenvalue weighted by atomic mass is 10.0. The van der Waals surface area contributed by atoms with Crippen molar-refractivity contribution >= 4 is 11.8 Å². The fraction of sp³-hybridized carbons (Fsp3) is 0.174. The van der Waals surface area contributed by atoms with Gasteiger partial charge in [0.25, 0.3) is 0 Å². The summed E-state index contributed by atoms with van der Waals surface area (Å²) in [6, 6.07) is 17.0. The third-order valence-electron chi connectivity index (χ3n) is 4.97. The molecule has 1 amide bonds. The number of benzene rings is 2. The molecule has 8 nitrogen and oxygen atoms in total. The van der Waals surface area contributed by atoms with Crippen LogP contribution in [-0.2, 0) is 17.9 Å². The quantitative estimate of drug-likeness (QED) is 0.508. The van der Waals surface area contributed by atoms with Crippen LogP contribution in [0.2, 0.25) is 0 Å². The predicted octanol–water partition coefficient (Wildman–Crippen LogP) is 4.13. The number of nitrogens with one attached hydrogen (secondary N) is 1. The summed E-state index contributed by atoms with van der Waals surface area (Å²) >= 11 is 0. The number of para-hydroxylation sites is 2. The number of amides is 1. The van der Waals surface area contributed by atoms with Gasteiger partial charge in [-0.15, -0.1) is 0 Å². The van der Waals surface area contributed by atoms with Crippen LogP contribution in [0.15, 0.2) is 65.3 Å². The van der Waals surface area contributed by atoms with Crippen molar-refractivity contribution in [3.63, 3.8) is 0 Å². The van der Waals surface area contributed by atoms with Gasteiger partial charge in [-0.3, -0.25) is 14.8 Å². The van der Waals surface area contributed by atoms with Crippen molar-refractivity contribution in [1.82, 2.24) is 14.9 Å². The first-order valence-corrected chi connectivity index (χ1v) is 9.98. The van der Waals surface area contributed by atoms with E-state index in [2.05, 4.69) is 15.6 Å². The Morgan fingerprint density at radius 2 is 1.97 bits per heavy atom. The predicted molar refractivity (Wildman–Crippen MR) is 114 cm³/mol. The molecule has 2 aromatic carbocycles. The topological polar surface area (TPSA) is 91.4 Å². The Labute approximate surface area is 178 Å². The minimum atomic E-state index is -0.268. The van der Waals surface area contributed by atoms with Gasteiger partial charge in [-0.2, -0.15) is 5.10 Å². The second-order valence-corrected chi connectivity index (χ2v) is 7.01. The van der Waals surface area contributed by atoms with Crippen LogP contribution < -0.4 is 14.8 Å². The fourth-order valence-corrected chi connectivity index (χ4v) is 3.64. The highest BCUT2D eigenvalue weighted by Gasteiger charge is 2.23. The monoisotopic (exact) mass is 416 g/mol. The lowest BCUT2D eigenvalue weighted by Crippen LogP contribution is -2.20. The third kappa shape index (κ3) is 3.63. The molecular formula is C23H20N4O4. The maximum Gasteiger partial charge on any atom is 0.248 e. The fourth-order valence-electron chi connectivity index (χ4n) is 3.64. The minimum absolute atomic E-state index is 0.0369. The van der Waals surface area contributed by atoms with Crippen molar-refractivity contribution < 1.29 is 18.8 Å². The molecule has 2 aromatic heterocycles. The molecule has 0 atom stereocenters. The number of nitrogens with zero attached hydrogens (tertiary/aromatic N) is 3. The molecule has 3 heterocycles. The molecule has 0 bridgehead atoms. The Morgan fingerprint density at radius 3 is 2.84 bits per heavy atom. The zero-order chi connectivity index (χ0) is 21.2. The average molecular weight is 416 g/mol. The number of anilines is 1. The van der Waals surface area contributed by atoms with E-state index in [1.54, 1.807) is 16.9 Å². The zero-order valence-corrected chi connectivity index (χ0v) is 16.9. The minimum Gasteiger partial charge on any atom is -0.493 e. The van der Waals surface area contributed by atoms with E-state index in [0.29, 0.717) is 24.7 Å². The number of carbonyl (C=O) groups is 1. The highest BCUT2D eigenvalue weighted by atomic mass is 16.5. The summed E-state index contributed by atoms with van der Waals surface area (Å²) < 4.78 is 18.4. The summed E-state index contributed by atoms with van der Waals surface area (Å²) in [6.45, 7) is 2.93. The summed E-state index contributed by atoms with van der Waals surface area (Å²) in [5, 5.41) is 11.2. The van der Waals surface area contributed by atoms with Gasteiger partial charge in [0.05, 0.1) is 18.5 Å². The molecule has 156 valence electrons. The van der Waals surface area contributed by atoms with Crippen LogP contribution in [0.4, 0.5) is 5.88 Å². The second kappa shape index (κ2) is 7.98. The molecular weight excluding hydrogens is 396 g/mol. The molecule has 0 unspecified atom stereocenters. The van der Waals surface area contributed by atoms with Gasteiger partial charge in [-0.05, 0) is 31.2 Å². The van der Waals surface area contributed by atoms with Crippen LogP contribution in [-0.4, -0.2) is 27.5 Å². The van der Waals surface area contributed by atoms with Crippen molar-refractivity contribution in [1.29, 1.82) is 0 Å². The van der Waals surface area contributed by atoms with Crippen LogP contribution in [0.25, 0.3) is 22.5 Å². The molecule has 0 saturated heterocycles. The van der Waals surface area contributed by atoms with E-state index < -0.39 is 0 Å². The maximum atomic E-state index is 12.7. The van der Waals surface area contributed by atoms with Crippen LogP contribution in [0, 0.1) is 0 Å². The lowest BCUT2D eigenvalue weighted by Gasteiger charge is -2.18. The first kappa shape index (κ1) is 18.9. The average Bonchev–Trinajstić information content (AvgIpc) is 3.42. The molecule has 0 aliphatic carbocycles. The molecule has 1 N–H and O–H groups in total. The summed E-state index contributed by atoms with van der Waals surface area (Å²) in [7, 11) is 0. The van der Waals surface area contributed by atoms with Gasteiger partial charge in [0.15, 0.2) is 0 Å². The number of aromatic nitrogens is 3. The third-order valence-corrected chi connectivity index (χ3v) is 4.97. The van der Waals surface area contributed by atoms with E-state index >= 15 is 0 Å². The van der Waals surface area contributed by atoms with Crippen molar-refractivity contribution in [2.24, 2.45) is 0 Å². The first-order chi connectivity index (χ1) is 15.2. The van der Waals surface area contributed by atoms with Crippen molar-refractivity contribution in [3.8, 4) is 34.0 Å². The number of carbonyl (C=O) groups excluding carboxylic acids is 1. The van der Waals surface area contributed by atoms with Crippen LogP contribution in [0.1, 0.15) is 12.5 Å². The second-order valence-electron chi connectivity index (χ2n) is 7.01. The molecule has 5 rings (SSSR count). The Morgan fingerprint density at radius 1 is 1.16 bits per heavy atom. The Kier molecular flexibility index (Phi) is 4.87. The number of rotatable bonds is 6. The van der Waals surface area contributed by atoms with E-state index in [0.717, 1.165) is 28.1 Å². The number of hydrogen-bond donors (Lipinski definition) is 1.